The lowest BCUT2D eigenvalue weighted by Crippen LogP contribution is -1.91. The number of aliphatic imine (C=N–C) groups is 1. The molecule has 0 aliphatic carbocycles. The topological polar surface area (TPSA) is 36.2 Å². The van der Waals surface area contributed by atoms with Crippen molar-refractivity contribution < 1.29 is 0 Å². The van der Waals surface area contributed by atoms with E-state index in [-0.39, 0.29) is 5.84 Å². The van der Waals surface area contributed by atoms with Crippen LogP contribution in [0.1, 0.15) is 5.56 Å². The SMILES string of the molecule is C=NC(=N)c1ccccc1. The first-order valence-corrected chi connectivity index (χ1v) is 2.95. The third kappa shape index (κ3) is 1.29. The Morgan fingerprint density at radius 3 is 2.40 bits per heavy atom. The first kappa shape index (κ1) is 6.68. The smallest absolute Gasteiger partial charge is 0.151 e. The maximum Gasteiger partial charge on any atom is 0.151 e. The molecule has 2 nitrogen and oxygen atoms in total. The van der Waals surface area contributed by atoms with E-state index in [0.717, 1.165) is 5.56 Å². The highest BCUT2D eigenvalue weighted by atomic mass is 14.8. The van der Waals surface area contributed by atoms with E-state index in [4.69, 9.17) is 5.41 Å². The molecule has 10 heavy (non-hydrogen) atoms. The second kappa shape index (κ2) is 2.92. The second-order valence-corrected chi connectivity index (χ2v) is 1.87. The van der Waals surface area contributed by atoms with Crippen LogP contribution in [0.4, 0.5) is 0 Å². The van der Waals surface area contributed by atoms with Gasteiger partial charge in [-0.2, -0.15) is 0 Å². The Kier molecular flexibility index (Phi) is 1.95. The van der Waals surface area contributed by atoms with Crippen LogP contribution in [0, 0.1) is 5.41 Å². The van der Waals surface area contributed by atoms with E-state index in [1.165, 1.54) is 0 Å². The molecule has 1 rings (SSSR count). The number of amidine groups is 1. The van der Waals surface area contributed by atoms with Crippen LogP contribution in [0.2, 0.25) is 0 Å². The third-order valence-corrected chi connectivity index (χ3v) is 1.21. The fourth-order valence-electron chi connectivity index (χ4n) is 0.687. The average Bonchev–Trinajstić information content (AvgIpc) is 2.05. The van der Waals surface area contributed by atoms with Crippen molar-refractivity contribution in [2.45, 2.75) is 0 Å². The van der Waals surface area contributed by atoms with Gasteiger partial charge in [-0.15, -0.1) is 0 Å². The molecule has 0 saturated carbocycles. The van der Waals surface area contributed by atoms with Crippen molar-refractivity contribution in [1.82, 2.24) is 0 Å². The summed E-state index contributed by atoms with van der Waals surface area (Å²) in [5.41, 5.74) is 0.803. The van der Waals surface area contributed by atoms with E-state index < -0.39 is 0 Å². The number of hydrogen-bond acceptors (Lipinski definition) is 1. The molecule has 0 radical (unpaired) electrons. The summed E-state index contributed by atoms with van der Waals surface area (Å²) in [5, 5.41) is 7.25. The van der Waals surface area contributed by atoms with Gasteiger partial charge in [-0.1, -0.05) is 30.3 Å². The molecule has 0 aliphatic rings. The highest BCUT2D eigenvalue weighted by molar-refractivity contribution is 5.98. The first-order valence-electron chi connectivity index (χ1n) is 2.95. The van der Waals surface area contributed by atoms with E-state index in [0.29, 0.717) is 0 Å². The number of hydrogen-bond donors (Lipinski definition) is 1. The Bertz CT molecular complexity index is 239. The lowest BCUT2D eigenvalue weighted by Gasteiger charge is -1.93. The maximum absolute atomic E-state index is 7.25. The van der Waals surface area contributed by atoms with Crippen molar-refractivity contribution in [3.05, 3.63) is 35.9 Å². The van der Waals surface area contributed by atoms with Crippen molar-refractivity contribution >= 4 is 12.6 Å². The Morgan fingerprint density at radius 1 is 1.30 bits per heavy atom. The van der Waals surface area contributed by atoms with Gasteiger partial charge < -0.3 is 0 Å². The average molecular weight is 132 g/mol. The van der Waals surface area contributed by atoms with Gasteiger partial charge in [0.25, 0.3) is 0 Å². The first-order chi connectivity index (χ1) is 4.84. The number of nitrogens with one attached hydrogen (secondary N) is 1. The monoisotopic (exact) mass is 132 g/mol. The van der Waals surface area contributed by atoms with Crippen LogP contribution in [0.25, 0.3) is 0 Å². The van der Waals surface area contributed by atoms with Crippen molar-refractivity contribution in [2.75, 3.05) is 0 Å². The number of rotatable bonds is 1. The standard InChI is InChI=1S/C8H8N2/c1-10-8(9)7-5-3-2-4-6-7/h2-6,9H,1H2. The highest BCUT2D eigenvalue weighted by Gasteiger charge is 1.92. The van der Waals surface area contributed by atoms with Crippen LogP contribution >= 0.6 is 0 Å². The number of nitrogens with zero attached hydrogens (tertiary/aromatic N) is 1. The predicted molar refractivity (Wildman–Crippen MR) is 42.8 cm³/mol. The third-order valence-electron chi connectivity index (χ3n) is 1.21. The van der Waals surface area contributed by atoms with Crippen LogP contribution < -0.4 is 0 Å². The van der Waals surface area contributed by atoms with Crippen molar-refractivity contribution in [2.24, 2.45) is 4.99 Å². The zero-order valence-electron chi connectivity index (χ0n) is 5.54. The fourth-order valence-corrected chi connectivity index (χ4v) is 0.687. The van der Waals surface area contributed by atoms with Gasteiger partial charge in [-0.3, -0.25) is 5.41 Å². The van der Waals surface area contributed by atoms with E-state index in [9.17, 15) is 0 Å². The Balaban J connectivity index is 2.95. The zero-order valence-corrected chi connectivity index (χ0v) is 5.54. The molecule has 0 bridgehead atoms. The molecule has 0 saturated heterocycles. The molecule has 1 N–H and O–H groups in total. The van der Waals surface area contributed by atoms with Crippen molar-refractivity contribution in [3.63, 3.8) is 0 Å². The van der Waals surface area contributed by atoms with E-state index in [1.807, 2.05) is 30.3 Å². The molecule has 0 unspecified atom stereocenters. The minimum absolute atomic E-state index is 0.223. The summed E-state index contributed by atoms with van der Waals surface area (Å²) < 4.78 is 0. The maximum atomic E-state index is 7.25. The van der Waals surface area contributed by atoms with E-state index in [1.54, 1.807) is 0 Å². The summed E-state index contributed by atoms with van der Waals surface area (Å²) in [5.74, 6) is 0.223. The van der Waals surface area contributed by atoms with Crippen molar-refractivity contribution in [3.8, 4) is 0 Å². The Hall–Kier alpha value is -1.44. The summed E-state index contributed by atoms with van der Waals surface area (Å²) in [6, 6.07) is 9.30. The minimum atomic E-state index is 0.223. The van der Waals surface area contributed by atoms with Crippen molar-refractivity contribution in [1.29, 1.82) is 5.41 Å². The molecule has 1 aromatic carbocycles. The molecule has 0 heterocycles. The van der Waals surface area contributed by atoms with Crippen LogP contribution in [-0.4, -0.2) is 12.6 Å². The van der Waals surface area contributed by atoms with Gasteiger partial charge in [0.05, 0.1) is 0 Å². The van der Waals surface area contributed by atoms with Crippen LogP contribution in [0.3, 0.4) is 0 Å². The van der Waals surface area contributed by atoms with Crippen LogP contribution in [0.5, 0.6) is 0 Å². The molecule has 0 atom stereocenters. The van der Waals surface area contributed by atoms with Gasteiger partial charge in [0.2, 0.25) is 0 Å². The lowest BCUT2D eigenvalue weighted by atomic mass is 10.2. The van der Waals surface area contributed by atoms with E-state index in [2.05, 4.69) is 11.7 Å². The molecule has 50 valence electrons. The molecular weight excluding hydrogens is 124 g/mol. The summed E-state index contributed by atoms with van der Waals surface area (Å²) in [4.78, 5) is 3.49. The van der Waals surface area contributed by atoms with Gasteiger partial charge in [-0.05, 0) is 6.72 Å². The lowest BCUT2D eigenvalue weighted by molar-refractivity contribution is 1.43. The molecule has 0 spiro atoms. The molecule has 0 amide bonds. The zero-order chi connectivity index (χ0) is 7.40. The summed E-state index contributed by atoms with van der Waals surface area (Å²) in [7, 11) is 0. The highest BCUT2D eigenvalue weighted by Crippen LogP contribution is 1.98. The van der Waals surface area contributed by atoms with Gasteiger partial charge in [0.1, 0.15) is 0 Å². The summed E-state index contributed by atoms with van der Waals surface area (Å²) >= 11 is 0. The van der Waals surface area contributed by atoms with Gasteiger partial charge in [-0.25, -0.2) is 4.99 Å². The summed E-state index contributed by atoms with van der Waals surface area (Å²) in [6.45, 7) is 3.26. The Morgan fingerprint density at radius 2 is 1.90 bits per heavy atom. The van der Waals surface area contributed by atoms with Gasteiger partial charge >= 0.3 is 0 Å². The van der Waals surface area contributed by atoms with Crippen LogP contribution in [-0.2, 0) is 0 Å². The van der Waals surface area contributed by atoms with E-state index >= 15 is 0 Å². The molecular formula is C8H8N2. The quantitative estimate of drug-likeness (QED) is 0.446. The Labute approximate surface area is 59.7 Å². The normalized spacial score (nSPS) is 8.80. The van der Waals surface area contributed by atoms with Gasteiger partial charge in [0, 0.05) is 5.56 Å². The van der Waals surface area contributed by atoms with Gasteiger partial charge in [0.15, 0.2) is 5.84 Å². The summed E-state index contributed by atoms with van der Waals surface area (Å²) in [6.07, 6.45) is 0. The molecule has 0 aliphatic heterocycles. The molecule has 0 fully saturated rings. The number of benzene rings is 1. The molecule has 0 aromatic heterocycles. The van der Waals surface area contributed by atoms with Crippen LogP contribution in [0.15, 0.2) is 35.3 Å². The minimum Gasteiger partial charge on any atom is -0.282 e. The fraction of sp³-hybridized carbons (Fsp3) is 0. The largest absolute Gasteiger partial charge is 0.282 e. The molecule has 1 aromatic rings. The molecule has 2 heteroatoms. The second-order valence-electron chi connectivity index (χ2n) is 1.87. The predicted octanol–water partition coefficient (Wildman–Crippen LogP) is 1.71.